The number of methoxy groups -OCH3 is 1. The van der Waals surface area contributed by atoms with E-state index in [9.17, 15) is 9.90 Å². The standard InChI is InChI=1S/C24H19NO3S2/c1-28-22-13-7-16(6-12-21(27)17-8-10-19(26)11-9-17)14-18(22)15-29-24-25-20-4-2-3-5-23(20)30-24/h2-14,26H,15H2,1H3. The topological polar surface area (TPSA) is 59.4 Å². The molecule has 0 unspecified atom stereocenters. The zero-order valence-corrected chi connectivity index (χ0v) is 17.9. The Morgan fingerprint density at radius 2 is 1.93 bits per heavy atom. The van der Waals surface area contributed by atoms with E-state index in [2.05, 4.69) is 11.1 Å². The quantitative estimate of drug-likeness (QED) is 0.214. The molecule has 0 aliphatic heterocycles. The lowest BCUT2D eigenvalue weighted by Crippen LogP contribution is -1.94. The van der Waals surface area contributed by atoms with Gasteiger partial charge in [0.2, 0.25) is 0 Å². The first-order valence-corrected chi connectivity index (χ1v) is 11.1. The number of ether oxygens (including phenoxy) is 1. The average Bonchev–Trinajstić information content (AvgIpc) is 3.19. The van der Waals surface area contributed by atoms with Crippen LogP contribution in [0, 0.1) is 0 Å². The Kier molecular flexibility index (Phi) is 6.16. The molecule has 0 saturated carbocycles. The van der Waals surface area contributed by atoms with Crippen molar-refractivity contribution in [3.05, 3.63) is 89.5 Å². The van der Waals surface area contributed by atoms with E-state index in [1.165, 1.54) is 16.8 Å². The Bertz CT molecular complexity index is 1180. The molecule has 1 heterocycles. The monoisotopic (exact) mass is 433 g/mol. The zero-order chi connectivity index (χ0) is 20.9. The number of rotatable bonds is 7. The molecule has 0 atom stereocenters. The summed E-state index contributed by atoms with van der Waals surface area (Å²) in [6, 6.07) is 20.2. The van der Waals surface area contributed by atoms with Crippen LogP contribution in [0.5, 0.6) is 11.5 Å². The molecule has 4 nitrogen and oxygen atoms in total. The van der Waals surface area contributed by atoms with E-state index >= 15 is 0 Å². The number of carbonyl (C=O) groups is 1. The van der Waals surface area contributed by atoms with Crippen LogP contribution >= 0.6 is 23.1 Å². The second-order valence-corrected chi connectivity index (χ2v) is 8.81. The number of thioether (sulfide) groups is 1. The van der Waals surface area contributed by atoms with Crippen molar-refractivity contribution in [3.63, 3.8) is 0 Å². The van der Waals surface area contributed by atoms with Crippen LogP contribution < -0.4 is 4.74 Å². The van der Waals surface area contributed by atoms with E-state index in [1.807, 2.05) is 36.4 Å². The number of thiazole rings is 1. The normalized spacial score (nSPS) is 11.2. The van der Waals surface area contributed by atoms with Crippen molar-refractivity contribution in [2.45, 2.75) is 10.1 Å². The molecule has 1 N–H and O–H groups in total. The largest absolute Gasteiger partial charge is 0.508 e. The number of benzene rings is 3. The fourth-order valence-corrected chi connectivity index (χ4v) is 5.01. The summed E-state index contributed by atoms with van der Waals surface area (Å²) in [6.45, 7) is 0. The Hall–Kier alpha value is -3.09. The molecule has 0 radical (unpaired) electrons. The van der Waals surface area contributed by atoms with Gasteiger partial charge < -0.3 is 9.84 Å². The van der Waals surface area contributed by atoms with Crippen molar-refractivity contribution in [3.8, 4) is 11.5 Å². The van der Waals surface area contributed by atoms with Gasteiger partial charge in [-0.05, 0) is 60.2 Å². The second-order valence-electron chi connectivity index (χ2n) is 6.55. The van der Waals surface area contributed by atoms with Gasteiger partial charge in [-0.2, -0.15) is 0 Å². The minimum absolute atomic E-state index is 0.115. The molecule has 1 aromatic heterocycles. The van der Waals surface area contributed by atoms with Crippen molar-refractivity contribution in [2.75, 3.05) is 7.11 Å². The third-order valence-electron chi connectivity index (χ3n) is 4.51. The summed E-state index contributed by atoms with van der Waals surface area (Å²) in [6.07, 6.45) is 3.33. The minimum atomic E-state index is -0.115. The molecule has 150 valence electrons. The first-order valence-electron chi connectivity index (χ1n) is 9.29. The van der Waals surface area contributed by atoms with E-state index in [0.717, 1.165) is 32.5 Å². The highest BCUT2D eigenvalue weighted by Crippen LogP contribution is 2.34. The van der Waals surface area contributed by atoms with Crippen LogP contribution in [0.3, 0.4) is 0 Å². The van der Waals surface area contributed by atoms with E-state index in [-0.39, 0.29) is 11.5 Å². The number of ketones is 1. The molecule has 0 aliphatic rings. The molecular formula is C24H19NO3S2. The summed E-state index contributed by atoms with van der Waals surface area (Å²) >= 11 is 3.35. The molecular weight excluding hydrogens is 414 g/mol. The van der Waals surface area contributed by atoms with E-state index in [4.69, 9.17) is 4.74 Å². The Balaban J connectivity index is 1.49. The van der Waals surface area contributed by atoms with Crippen LogP contribution in [0.4, 0.5) is 0 Å². The van der Waals surface area contributed by atoms with Crippen LogP contribution in [0.2, 0.25) is 0 Å². The van der Waals surface area contributed by atoms with Crippen molar-refractivity contribution >= 4 is 45.2 Å². The molecule has 6 heteroatoms. The number of phenolic OH excluding ortho intramolecular Hbond substituents is 1. The number of carbonyl (C=O) groups excluding carboxylic acids is 1. The summed E-state index contributed by atoms with van der Waals surface area (Å²) in [5.74, 6) is 1.55. The number of nitrogens with zero attached hydrogens (tertiary/aromatic N) is 1. The summed E-state index contributed by atoms with van der Waals surface area (Å²) in [5, 5.41) is 9.35. The summed E-state index contributed by atoms with van der Waals surface area (Å²) in [5.41, 5.74) is 3.51. The highest BCUT2D eigenvalue weighted by Gasteiger charge is 2.09. The smallest absolute Gasteiger partial charge is 0.185 e. The third kappa shape index (κ3) is 4.72. The number of aromatic hydroxyl groups is 1. The van der Waals surface area contributed by atoms with Crippen molar-refractivity contribution in [2.24, 2.45) is 0 Å². The van der Waals surface area contributed by atoms with Gasteiger partial charge in [0.15, 0.2) is 10.1 Å². The van der Waals surface area contributed by atoms with Gasteiger partial charge in [0, 0.05) is 16.9 Å². The number of allylic oxidation sites excluding steroid dienone is 1. The number of aromatic nitrogens is 1. The predicted molar refractivity (Wildman–Crippen MR) is 124 cm³/mol. The van der Waals surface area contributed by atoms with Gasteiger partial charge in [-0.1, -0.05) is 36.0 Å². The number of fused-ring (bicyclic) bond motifs is 1. The third-order valence-corrected chi connectivity index (χ3v) is 6.74. The van der Waals surface area contributed by atoms with Crippen LogP contribution in [-0.2, 0) is 5.75 Å². The van der Waals surface area contributed by atoms with Gasteiger partial charge in [-0.25, -0.2) is 4.98 Å². The number of para-hydroxylation sites is 1. The lowest BCUT2D eigenvalue weighted by atomic mass is 10.1. The highest BCUT2D eigenvalue weighted by molar-refractivity contribution is 8.00. The molecule has 30 heavy (non-hydrogen) atoms. The van der Waals surface area contributed by atoms with Gasteiger partial charge in [-0.3, -0.25) is 4.79 Å². The lowest BCUT2D eigenvalue weighted by Gasteiger charge is -2.08. The fraction of sp³-hybridized carbons (Fsp3) is 0.0833. The molecule has 0 saturated heterocycles. The maximum Gasteiger partial charge on any atom is 0.185 e. The number of hydrogen-bond donors (Lipinski definition) is 1. The summed E-state index contributed by atoms with van der Waals surface area (Å²) in [7, 11) is 1.66. The first kappa shape index (κ1) is 20.2. The maximum absolute atomic E-state index is 12.3. The van der Waals surface area contributed by atoms with Gasteiger partial charge in [0.1, 0.15) is 11.5 Å². The lowest BCUT2D eigenvalue weighted by molar-refractivity contribution is 0.104. The van der Waals surface area contributed by atoms with Gasteiger partial charge in [0.25, 0.3) is 0 Å². The van der Waals surface area contributed by atoms with E-state index < -0.39 is 0 Å². The van der Waals surface area contributed by atoms with Crippen LogP contribution in [0.1, 0.15) is 21.5 Å². The van der Waals surface area contributed by atoms with Gasteiger partial charge >= 0.3 is 0 Å². The molecule has 0 aliphatic carbocycles. The molecule has 3 aromatic carbocycles. The van der Waals surface area contributed by atoms with Gasteiger partial charge in [-0.15, -0.1) is 11.3 Å². The molecule has 0 amide bonds. The van der Waals surface area contributed by atoms with Crippen LogP contribution in [0.15, 0.2) is 77.1 Å². The highest BCUT2D eigenvalue weighted by atomic mass is 32.2. The Morgan fingerprint density at radius 1 is 1.13 bits per heavy atom. The number of hydrogen-bond acceptors (Lipinski definition) is 6. The minimum Gasteiger partial charge on any atom is -0.508 e. The van der Waals surface area contributed by atoms with E-state index in [1.54, 1.807) is 54.5 Å². The Morgan fingerprint density at radius 3 is 2.70 bits per heavy atom. The molecule has 4 aromatic rings. The van der Waals surface area contributed by atoms with Crippen molar-refractivity contribution < 1.29 is 14.6 Å². The summed E-state index contributed by atoms with van der Waals surface area (Å²) in [4.78, 5) is 17.0. The number of phenols is 1. The fourth-order valence-electron chi connectivity index (χ4n) is 2.96. The maximum atomic E-state index is 12.3. The van der Waals surface area contributed by atoms with Crippen molar-refractivity contribution in [1.29, 1.82) is 0 Å². The van der Waals surface area contributed by atoms with Gasteiger partial charge in [0.05, 0.1) is 17.3 Å². The average molecular weight is 434 g/mol. The molecule has 4 rings (SSSR count). The summed E-state index contributed by atoms with van der Waals surface area (Å²) < 4.78 is 7.70. The van der Waals surface area contributed by atoms with E-state index in [0.29, 0.717) is 5.56 Å². The first-order chi connectivity index (χ1) is 14.6. The zero-order valence-electron chi connectivity index (χ0n) is 16.2. The Labute approximate surface area is 182 Å². The molecule has 0 fully saturated rings. The van der Waals surface area contributed by atoms with Crippen LogP contribution in [-0.4, -0.2) is 23.0 Å². The van der Waals surface area contributed by atoms with Crippen molar-refractivity contribution in [1.82, 2.24) is 4.98 Å². The SMILES string of the molecule is COc1ccc(C=CC(=O)c2ccc(O)cc2)cc1CSc1nc2ccccc2s1. The molecule has 0 spiro atoms. The second kappa shape index (κ2) is 9.15. The predicted octanol–water partition coefficient (Wildman–Crippen LogP) is 6.20. The molecule has 0 bridgehead atoms. The van der Waals surface area contributed by atoms with Crippen LogP contribution in [0.25, 0.3) is 16.3 Å².